The molecule has 0 bridgehead atoms. The molecule has 2 saturated heterocycles. The zero-order valence-electron chi connectivity index (χ0n) is 21.6. The first-order valence-electron chi connectivity index (χ1n) is 13.1. The normalized spacial score (nSPS) is 16.2. The summed E-state index contributed by atoms with van der Waals surface area (Å²) in [5.74, 6) is 0.771. The molecule has 38 heavy (non-hydrogen) atoms. The van der Waals surface area contributed by atoms with Crippen molar-refractivity contribution in [2.75, 3.05) is 69.7 Å². The Hall–Kier alpha value is -3.11. The number of fused-ring (bicyclic) bond motifs is 1. The number of pyridine rings is 1. The van der Waals surface area contributed by atoms with Crippen LogP contribution in [0.4, 0.5) is 20.6 Å². The van der Waals surface area contributed by atoms with Crippen molar-refractivity contribution >= 4 is 44.2 Å². The predicted molar refractivity (Wildman–Crippen MR) is 151 cm³/mol. The fourth-order valence-electron chi connectivity index (χ4n) is 5.10. The maximum atomic E-state index is 15.1. The van der Waals surface area contributed by atoms with E-state index in [1.807, 2.05) is 41.3 Å². The van der Waals surface area contributed by atoms with Crippen LogP contribution in [0.15, 0.2) is 47.1 Å². The van der Waals surface area contributed by atoms with Gasteiger partial charge in [-0.3, -0.25) is 4.98 Å². The number of ether oxygens (including phenoxy) is 2. The van der Waals surface area contributed by atoms with Gasteiger partial charge in [0.15, 0.2) is 17.3 Å². The summed E-state index contributed by atoms with van der Waals surface area (Å²) in [5, 5.41) is 3.59. The molecule has 2 aliphatic heterocycles. The highest BCUT2D eigenvalue weighted by Gasteiger charge is 2.25. The van der Waals surface area contributed by atoms with E-state index in [-0.39, 0.29) is 6.03 Å². The standard InChI is InChI=1S/C28H33BrFN5O3/c1-37-25-17-22-24(18-26(25)38-16-4-11-33-9-2-3-10-33)31-19-23(30)27(22)34-12-14-35(15-13-34)28(36)32-21-7-5-20(29)6-8-21/h5-8,17-19H,2-4,9-16H2,1H3,(H,32,36). The summed E-state index contributed by atoms with van der Waals surface area (Å²) in [5.41, 5.74) is 1.85. The number of rotatable bonds is 8. The molecular formula is C28H33BrFN5O3. The van der Waals surface area contributed by atoms with Gasteiger partial charge in [0.1, 0.15) is 0 Å². The van der Waals surface area contributed by atoms with Crippen LogP contribution in [0.5, 0.6) is 11.5 Å². The van der Waals surface area contributed by atoms with Gasteiger partial charge in [-0.1, -0.05) is 15.9 Å². The number of benzene rings is 2. The molecule has 1 N–H and O–H groups in total. The predicted octanol–water partition coefficient (Wildman–Crippen LogP) is 5.36. The number of hydrogen-bond acceptors (Lipinski definition) is 6. The second-order valence-corrected chi connectivity index (χ2v) is 10.6. The zero-order valence-corrected chi connectivity index (χ0v) is 23.2. The SMILES string of the molecule is COc1cc2c(N3CCN(C(=O)Nc4ccc(Br)cc4)CC3)c(F)cnc2cc1OCCCN1CCCC1. The number of anilines is 2. The van der Waals surface area contributed by atoms with Gasteiger partial charge in [0.05, 0.1) is 31.1 Å². The molecule has 0 aliphatic carbocycles. The van der Waals surface area contributed by atoms with Crippen molar-refractivity contribution in [1.29, 1.82) is 0 Å². The van der Waals surface area contributed by atoms with Crippen LogP contribution in [0.2, 0.25) is 0 Å². The lowest BCUT2D eigenvalue weighted by Gasteiger charge is -2.36. The van der Waals surface area contributed by atoms with Gasteiger partial charge < -0.3 is 29.5 Å². The van der Waals surface area contributed by atoms with E-state index < -0.39 is 5.82 Å². The molecule has 2 aliphatic rings. The van der Waals surface area contributed by atoms with Gasteiger partial charge in [-0.2, -0.15) is 0 Å². The number of nitrogens with one attached hydrogen (secondary N) is 1. The topological polar surface area (TPSA) is 70.2 Å². The van der Waals surface area contributed by atoms with Gasteiger partial charge in [-0.05, 0) is 62.7 Å². The summed E-state index contributed by atoms with van der Waals surface area (Å²) in [6, 6.07) is 10.9. The van der Waals surface area contributed by atoms with Gasteiger partial charge in [0.25, 0.3) is 0 Å². The molecular weight excluding hydrogens is 553 g/mol. The van der Waals surface area contributed by atoms with Crippen molar-refractivity contribution in [2.24, 2.45) is 0 Å². The third-order valence-corrected chi connectivity index (χ3v) is 7.66. The number of carbonyl (C=O) groups is 1. The van der Waals surface area contributed by atoms with E-state index in [2.05, 4.69) is 31.1 Å². The highest BCUT2D eigenvalue weighted by atomic mass is 79.9. The van der Waals surface area contributed by atoms with Crippen molar-refractivity contribution in [2.45, 2.75) is 19.3 Å². The minimum absolute atomic E-state index is 0.166. The van der Waals surface area contributed by atoms with Crippen LogP contribution in [-0.4, -0.2) is 80.3 Å². The second kappa shape index (κ2) is 12.2. The molecule has 0 atom stereocenters. The smallest absolute Gasteiger partial charge is 0.321 e. The first kappa shape index (κ1) is 26.5. The van der Waals surface area contributed by atoms with Gasteiger partial charge in [-0.25, -0.2) is 9.18 Å². The number of carbonyl (C=O) groups excluding carboxylic acids is 1. The number of halogens is 2. The highest BCUT2D eigenvalue weighted by molar-refractivity contribution is 9.10. The summed E-state index contributed by atoms with van der Waals surface area (Å²) < 4.78 is 27.7. The van der Waals surface area contributed by atoms with E-state index in [9.17, 15) is 4.79 Å². The lowest BCUT2D eigenvalue weighted by atomic mass is 10.1. The van der Waals surface area contributed by atoms with E-state index in [1.54, 1.807) is 12.0 Å². The number of nitrogens with zero attached hydrogens (tertiary/aromatic N) is 4. The van der Waals surface area contributed by atoms with Crippen molar-refractivity contribution in [3.05, 3.63) is 52.9 Å². The molecule has 2 aromatic carbocycles. The average Bonchev–Trinajstić information content (AvgIpc) is 3.46. The number of urea groups is 1. The van der Waals surface area contributed by atoms with Crippen LogP contribution in [-0.2, 0) is 0 Å². The number of amides is 2. The summed E-state index contributed by atoms with van der Waals surface area (Å²) in [4.78, 5) is 23.3. The first-order valence-corrected chi connectivity index (χ1v) is 13.9. The largest absolute Gasteiger partial charge is 0.493 e. The molecule has 2 amide bonds. The molecule has 3 aromatic rings. The van der Waals surface area contributed by atoms with E-state index >= 15 is 4.39 Å². The molecule has 5 rings (SSSR count). The molecule has 0 radical (unpaired) electrons. The Balaban J connectivity index is 1.25. The maximum absolute atomic E-state index is 15.1. The Bertz CT molecular complexity index is 1260. The number of aromatic nitrogens is 1. The van der Waals surface area contributed by atoms with Crippen LogP contribution in [0.25, 0.3) is 10.9 Å². The van der Waals surface area contributed by atoms with Crippen LogP contribution in [0.3, 0.4) is 0 Å². The second-order valence-electron chi connectivity index (χ2n) is 9.64. The maximum Gasteiger partial charge on any atom is 0.321 e. The molecule has 1 aromatic heterocycles. The Kier molecular flexibility index (Phi) is 8.48. The third-order valence-electron chi connectivity index (χ3n) is 7.13. The number of methoxy groups -OCH3 is 1. The lowest BCUT2D eigenvalue weighted by molar-refractivity contribution is 0.208. The molecule has 0 unspecified atom stereocenters. The lowest BCUT2D eigenvalue weighted by Crippen LogP contribution is -2.50. The molecule has 202 valence electrons. The monoisotopic (exact) mass is 585 g/mol. The Morgan fingerprint density at radius 1 is 1.05 bits per heavy atom. The van der Waals surface area contributed by atoms with Gasteiger partial charge in [0.2, 0.25) is 0 Å². The van der Waals surface area contributed by atoms with E-state index in [1.165, 1.54) is 32.1 Å². The molecule has 10 heteroatoms. The fraction of sp³-hybridized carbons (Fsp3) is 0.429. The van der Waals surface area contributed by atoms with E-state index in [4.69, 9.17) is 9.47 Å². The van der Waals surface area contributed by atoms with Gasteiger partial charge in [-0.15, -0.1) is 0 Å². The highest BCUT2D eigenvalue weighted by Crippen LogP contribution is 2.37. The van der Waals surface area contributed by atoms with Crippen molar-refractivity contribution in [3.8, 4) is 11.5 Å². The van der Waals surface area contributed by atoms with Crippen molar-refractivity contribution in [1.82, 2.24) is 14.8 Å². The molecule has 0 spiro atoms. The number of piperazine rings is 1. The Labute approximate surface area is 230 Å². The summed E-state index contributed by atoms with van der Waals surface area (Å²) in [6.45, 7) is 5.89. The summed E-state index contributed by atoms with van der Waals surface area (Å²) in [7, 11) is 1.59. The minimum Gasteiger partial charge on any atom is -0.493 e. The van der Waals surface area contributed by atoms with Crippen LogP contribution in [0, 0.1) is 5.82 Å². The Morgan fingerprint density at radius 3 is 2.50 bits per heavy atom. The first-order chi connectivity index (χ1) is 18.5. The van der Waals surface area contributed by atoms with Gasteiger partial charge >= 0.3 is 6.03 Å². The quantitative estimate of drug-likeness (QED) is 0.359. The van der Waals surface area contributed by atoms with Crippen molar-refractivity contribution in [3.63, 3.8) is 0 Å². The number of likely N-dealkylation sites (tertiary alicyclic amines) is 1. The molecule has 0 saturated carbocycles. The third kappa shape index (κ3) is 6.13. The van der Waals surface area contributed by atoms with E-state index in [0.717, 1.165) is 23.1 Å². The average molecular weight is 587 g/mol. The zero-order chi connectivity index (χ0) is 26.5. The molecule has 3 heterocycles. The Morgan fingerprint density at radius 2 is 1.79 bits per heavy atom. The van der Waals surface area contributed by atoms with Crippen molar-refractivity contribution < 1.29 is 18.7 Å². The number of hydrogen-bond donors (Lipinski definition) is 1. The molecule has 2 fully saturated rings. The van der Waals surface area contributed by atoms with Gasteiger partial charge in [0, 0.05) is 54.3 Å². The van der Waals surface area contributed by atoms with Crippen LogP contribution in [0.1, 0.15) is 19.3 Å². The minimum atomic E-state index is -0.397. The summed E-state index contributed by atoms with van der Waals surface area (Å²) in [6.07, 6.45) is 4.74. The van der Waals surface area contributed by atoms with Crippen LogP contribution >= 0.6 is 15.9 Å². The summed E-state index contributed by atoms with van der Waals surface area (Å²) >= 11 is 3.40. The van der Waals surface area contributed by atoms with Crippen LogP contribution < -0.4 is 19.7 Å². The van der Waals surface area contributed by atoms with E-state index in [0.29, 0.717) is 60.9 Å². The molecule has 8 nitrogen and oxygen atoms in total. The fourth-order valence-corrected chi connectivity index (χ4v) is 5.37.